The molecule has 2 unspecified atom stereocenters. The number of nitrogens with one attached hydrogen (secondary N) is 1. The lowest BCUT2D eigenvalue weighted by Gasteiger charge is -2.22. The molecule has 1 aliphatic heterocycles. The molecule has 2 atom stereocenters. The summed E-state index contributed by atoms with van der Waals surface area (Å²) in [5.74, 6) is -1.11. The van der Waals surface area contributed by atoms with Crippen LogP contribution in [0.15, 0.2) is 72.9 Å². The van der Waals surface area contributed by atoms with Gasteiger partial charge in [0.05, 0.1) is 12.0 Å². The molecule has 1 N–H and O–H groups in total. The molecule has 0 spiro atoms. The molecule has 220 valence electrons. The van der Waals surface area contributed by atoms with E-state index in [-0.39, 0.29) is 19.0 Å². The largest absolute Gasteiger partial charge is 0.493 e. The maximum atomic E-state index is 13.1. The van der Waals surface area contributed by atoms with Crippen LogP contribution in [0.25, 0.3) is 0 Å². The van der Waals surface area contributed by atoms with Crippen LogP contribution in [0, 0.1) is 5.41 Å². The van der Waals surface area contributed by atoms with E-state index in [1.807, 2.05) is 70.2 Å². The molecule has 10 heteroatoms. The summed E-state index contributed by atoms with van der Waals surface area (Å²) in [7, 11) is 0. The molecule has 2 amide bonds. The van der Waals surface area contributed by atoms with Crippen molar-refractivity contribution in [2.24, 2.45) is 5.41 Å². The Labute approximate surface area is 249 Å². The highest BCUT2D eigenvalue weighted by Crippen LogP contribution is 2.37. The first kappa shape index (κ1) is 30.8. The quantitative estimate of drug-likeness (QED) is 0.232. The molecule has 1 fully saturated rings. The summed E-state index contributed by atoms with van der Waals surface area (Å²) >= 11 is 0.644. The van der Waals surface area contributed by atoms with Crippen molar-refractivity contribution in [2.75, 3.05) is 6.61 Å². The number of nitrogens with zero attached hydrogens (tertiary/aromatic N) is 1. The van der Waals surface area contributed by atoms with Crippen LogP contribution in [0.4, 0.5) is 4.79 Å². The van der Waals surface area contributed by atoms with Crippen LogP contribution in [-0.2, 0) is 43.3 Å². The Morgan fingerprint density at radius 1 is 0.976 bits per heavy atom. The summed E-state index contributed by atoms with van der Waals surface area (Å²) in [6.07, 6.45) is 1.86. The maximum absolute atomic E-state index is 13.1. The minimum atomic E-state index is -1.70. The van der Waals surface area contributed by atoms with Gasteiger partial charge >= 0.3 is 11.9 Å². The second kappa shape index (κ2) is 13.2. The number of ether oxygens (including phenoxy) is 3. The lowest BCUT2D eigenvalue weighted by atomic mass is 9.97. The van der Waals surface area contributed by atoms with Crippen LogP contribution in [0.2, 0.25) is 0 Å². The smallest absolute Gasteiger partial charge is 0.333 e. The van der Waals surface area contributed by atoms with Gasteiger partial charge in [-0.15, -0.1) is 0 Å². The van der Waals surface area contributed by atoms with Gasteiger partial charge in [0, 0.05) is 30.3 Å². The summed E-state index contributed by atoms with van der Waals surface area (Å²) in [5.41, 5.74) is 2.52. The predicted molar refractivity (Wildman–Crippen MR) is 158 cm³/mol. The highest BCUT2D eigenvalue weighted by atomic mass is 32.2. The van der Waals surface area contributed by atoms with E-state index in [9.17, 15) is 19.2 Å². The highest BCUT2D eigenvalue weighted by molar-refractivity contribution is 8.16. The fourth-order valence-corrected chi connectivity index (χ4v) is 5.07. The van der Waals surface area contributed by atoms with Gasteiger partial charge in [-0.2, -0.15) is 0 Å². The molecule has 3 aromatic rings. The van der Waals surface area contributed by atoms with E-state index >= 15 is 0 Å². The Kier molecular flexibility index (Phi) is 9.67. The Morgan fingerprint density at radius 3 is 2.29 bits per heavy atom. The molecule has 9 nitrogen and oxygen atoms in total. The number of rotatable bonds is 11. The first-order valence-electron chi connectivity index (χ1n) is 13.6. The van der Waals surface area contributed by atoms with Crippen LogP contribution in [0.1, 0.15) is 56.2 Å². The molecular weight excluding hydrogens is 556 g/mol. The van der Waals surface area contributed by atoms with Crippen LogP contribution < -0.4 is 10.1 Å². The first-order valence-corrected chi connectivity index (χ1v) is 14.4. The number of carbonyl (C=O) groups is 4. The molecule has 0 bridgehead atoms. The topological polar surface area (TPSA) is 121 Å². The van der Waals surface area contributed by atoms with Crippen molar-refractivity contribution in [3.63, 3.8) is 0 Å². The lowest BCUT2D eigenvalue weighted by Crippen LogP contribution is -2.46. The number of thioether (sulfide) groups is 1. The van der Waals surface area contributed by atoms with Crippen molar-refractivity contribution in [3.8, 4) is 5.75 Å². The number of amides is 2. The van der Waals surface area contributed by atoms with E-state index in [1.54, 1.807) is 30.5 Å². The standard InChI is InChI=1S/C32H34N2O7S/c1-21(41-28(36)31(2,3)4)24-12-13-25(33-19-24)16-17-39-26-14-10-22(11-15-26)18-32(27(35)34-30(38)42-32)29(37)40-20-23-8-6-5-7-9-23/h5-15,19,21H,16-18,20H2,1-4H3,(H,34,35,38). The zero-order valence-corrected chi connectivity index (χ0v) is 24.9. The number of hydrogen-bond acceptors (Lipinski definition) is 9. The molecule has 1 aromatic heterocycles. The predicted octanol–water partition coefficient (Wildman–Crippen LogP) is 5.36. The van der Waals surface area contributed by atoms with Crippen molar-refractivity contribution in [1.82, 2.24) is 10.3 Å². The third-order valence-electron chi connectivity index (χ3n) is 6.61. The molecule has 0 radical (unpaired) electrons. The van der Waals surface area contributed by atoms with Gasteiger partial charge in [-0.25, -0.2) is 4.79 Å². The number of carbonyl (C=O) groups excluding carboxylic acids is 4. The number of esters is 2. The van der Waals surface area contributed by atoms with Crippen LogP contribution in [0.3, 0.4) is 0 Å². The summed E-state index contributed by atoms with van der Waals surface area (Å²) < 4.78 is 15.1. The number of hydrogen-bond donors (Lipinski definition) is 1. The first-order chi connectivity index (χ1) is 20.0. The number of pyridine rings is 1. The average molecular weight is 591 g/mol. The van der Waals surface area contributed by atoms with Crippen molar-refractivity contribution in [2.45, 2.75) is 58.0 Å². The van der Waals surface area contributed by atoms with Gasteiger partial charge in [-0.3, -0.25) is 24.7 Å². The van der Waals surface area contributed by atoms with Crippen LogP contribution in [-0.4, -0.2) is 39.4 Å². The van der Waals surface area contributed by atoms with Crippen molar-refractivity contribution < 1.29 is 33.4 Å². The second-order valence-corrected chi connectivity index (χ2v) is 12.3. The average Bonchev–Trinajstić information content (AvgIpc) is 3.26. The van der Waals surface area contributed by atoms with Gasteiger partial charge in [-0.1, -0.05) is 48.5 Å². The molecule has 2 aromatic carbocycles. The van der Waals surface area contributed by atoms with Gasteiger partial charge in [0.2, 0.25) is 4.75 Å². The Morgan fingerprint density at radius 2 is 1.69 bits per heavy atom. The molecule has 1 saturated heterocycles. The Balaban J connectivity index is 1.31. The van der Waals surface area contributed by atoms with Gasteiger partial charge in [-0.05, 0) is 68.8 Å². The van der Waals surface area contributed by atoms with Gasteiger partial charge in [0.15, 0.2) is 0 Å². The third-order valence-corrected chi connectivity index (χ3v) is 7.74. The van der Waals surface area contributed by atoms with E-state index in [0.29, 0.717) is 36.1 Å². The molecule has 42 heavy (non-hydrogen) atoms. The summed E-state index contributed by atoms with van der Waals surface area (Å²) in [5, 5.41) is 1.63. The molecule has 2 heterocycles. The molecule has 1 aliphatic rings. The van der Waals surface area contributed by atoms with E-state index in [1.165, 1.54) is 0 Å². The van der Waals surface area contributed by atoms with Crippen molar-refractivity contribution in [3.05, 3.63) is 95.3 Å². The van der Waals surface area contributed by atoms with E-state index in [4.69, 9.17) is 14.2 Å². The molecule has 0 aliphatic carbocycles. The SMILES string of the molecule is CC(OC(=O)C(C)(C)C)c1ccc(CCOc2ccc(CC3(C(=O)OCc4ccccc4)SC(=O)NC3=O)cc2)nc1. The minimum absolute atomic E-state index is 0.00248. The molecule has 4 rings (SSSR count). The van der Waals surface area contributed by atoms with Crippen LogP contribution >= 0.6 is 11.8 Å². The maximum Gasteiger partial charge on any atom is 0.333 e. The fraction of sp³-hybridized carbons (Fsp3) is 0.344. The Bertz CT molecular complexity index is 1420. The summed E-state index contributed by atoms with van der Waals surface area (Å²) in [6, 6.07) is 19.9. The normalized spacial score (nSPS) is 17.3. The van der Waals surface area contributed by atoms with Crippen molar-refractivity contribution in [1.29, 1.82) is 0 Å². The van der Waals surface area contributed by atoms with E-state index < -0.39 is 33.4 Å². The van der Waals surface area contributed by atoms with E-state index in [0.717, 1.165) is 16.8 Å². The second-order valence-electron chi connectivity index (χ2n) is 11.0. The fourth-order valence-electron chi connectivity index (χ4n) is 4.08. The highest BCUT2D eigenvalue weighted by Gasteiger charge is 2.55. The zero-order valence-electron chi connectivity index (χ0n) is 24.0. The summed E-state index contributed by atoms with van der Waals surface area (Å²) in [4.78, 5) is 54.5. The van der Waals surface area contributed by atoms with E-state index in [2.05, 4.69) is 10.3 Å². The number of benzene rings is 2. The monoisotopic (exact) mass is 590 g/mol. The minimum Gasteiger partial charge on any atom is -0.493 e. The lowest BCUT2D eigenvalue weighted by molar-refractivity contribution is -0.158. The zero-order chi connectivity index (χ0) is 30.3. The Hall–Kier alpha value is -4.18. The molecular formula is C32H34N2O7S. The third kappa shape index (κ3) is 7.76. The van der Waals surface area contributed by atoms with Crippen LogP contribution in [0.5, 0.6) is 5.75 Å². The summed E-state index contributed by atoms with van der Waals surface area (Å²) in [6.45, 7) is 7.63. The number of aromatic nitrogens is 1. The van der Waals surface area contributed by atoms with Gasteiger partial charge in [0.1, 0.15) is 18.5 Å². The van der Waals surface area contributed by atoms with Crippen molar-refractivity contribution >= 4 is 34.8 Å². The number of imide groups is 1. The molecule has 0 saturated carbocycles. The van der Waals surface area contributed by atoms with Gasteiger partial charge in [0.25, 0.3) is 11.1 Å². The van der Waals surface area contributed by atoms with Gasteiger partial charge < -0.3 is 14.2 Å².